The fourth-order valence-electron chi connectivity index (χ4n) is 3.41. The minimum atomic E-state index is -0.0205. The second kappa shape index (κ2) is 6.96. The van der Waals surface area contributed by atoms with Crippen LogP contribution in [0.5, 0.6) is 5.75 Å². The highest BCUT2D eigenvalue weighted by Crippen LogP contribution is 2.28. The zero-order chi connectivity index (χ0) is 18.1. The molecule has 0 saturated carbocycles. The zero-order valence-corrected chi connectivity index (χ0v) is 15.2. The molecular weight excluding hydrogens is 352 g/mol. The molecule has 1 saturated heterocycles. The molecule has 6 nitrogen and oxygen atoms in total. The molecular formula is C19H19ClN4O2. The Morgan fingerprint density at radius 2 is 2.27 bits per heavy atom. The van der Waals surface area contributed by atoms with Crippen LogP contribution >= 0.6 is 11.6 Å². The Bertz CT molecular complexity index is 956. The van der Waals surface area contributed by atoms with Crippen LogP contribution in [-0.4, -0.2) is 45.0 Å². The summed E-state index contributed by atoms with van der Waals surface area (Å²) in [4.78, 5) is 23.2. The topological polar surface area (TPSA) is 60.2 Å². The third kappa shape index (κ3) is 3.24. The summed E-state index contributed by atoms with van der Waals surface area (Å²) in [7, 11) is 2.00. The normalized spacial score (nSPS) is 17.0. The SMILES string of the molecule is Cn1c(C2CCN(C(=O)COc3cccc(Cl)c3)C2)nc2ccncc21. The van der Waals surface area contributed by atoms with Gasteiger partial charge in [-0.2, -0.15) is 0 Å². The number of ether oxygens (including phenoxy) is 1. The number of amides is 1. The number of carbonyl (C=O) groups excluding carboxylic acids is 1. The Labute approximate surface area is 156 Å². The molecule has 3 heterocycles. The molecule has 0 spiro atoms. The molecule has 7 heteroatoms. The van der Waals surface area contributed by atoms with E-state index in [1.165, 1.54) is 0 Å². The molecule has 3 aromatic rings. The molecule has 1 aliphatic rings. The van der Waals surface area contributed by atoms with Crippen molar-refractivity contribution in [3.05, 3.63) is 53.6 Å². The zero-order valence-electron chi connectivity index (χ0n) is 14.4. The highest BCUT2D eigenvalue weighted by Gasteiger charge is 2.30. The summed E-state index contributed by atoms with van der Waals surface area (Å²) in [5, 5.41) is 0.590. The molecule has 2 aromatic heterocycles. The Hall–Kier alpha value is -2.60. The lowest BCUT2D eigenvalue weighted by atomic mass is 10.1. The van der Waals surface area contributed by atoms with Gasteiger partial charge >= 0.3 is 0 Å². The lowest BCUT2D eigenvalue weighted by Crippen LogP contribution is -2.33. The van der Waals surface area contributed by atoms with E-state index in [1.807, 2.05) is 24.2 Å². The van der Waals surface area contributed by atoms with E-state index in [-0.39, 0.29) is 18.4 Å². The molecule has 0 radical (unpaired) electrons. The average molecular weight is 371 g/mol. The van der Waals surface area contributed by atoms with Gasteiger partial charge in [-0.25, -0.2) is 4.98 Å². The molecule has 0 N–H and O–H groups in total. The quantitative estimate of drug-likeness (QED) is 0.708. The number of aryl methyl sites for hydroxylation is 1. The van der Waals surface area contributed by atoms with Crippen LogP contribution in [0, 0.1) is 0 Å². The van der Waals surface area contributed by atoms with E-state index in [0.29, 0.717) is 23.9 Å². The number of imidazole rings is 1. The van der Waals surface area contributed by atoms with Crippen LogP contribution in [0.4, 0.5) is 0 Å². The van der Waals surface area contributed by atoms with Crippen LogP contribution in [0.3, 0.4) is 0 Å². The lowest BCUT2D eigenvalue weighted by molar-refractivity contribution is -0.132. The number of carbonyl (C=O) groups is 1. The van der Waals surface area contributed by atoms with Crippen LogP contribution in [0.1, 0.15) is 18.2 Å². The van der Waals surface area contributed by atoms with Crippen molar-refractivity contribution in [1.82, 2.24) is 19.4 Å². The summed E-state index contributed by atoms with van der Waals surface area (Å²) in [6.45, 7) is 1.38. The predicted molar refractivity (Wildman–Crippen MR) is 99.4 cm³/mol. The smallest absolute Gasteiger partial charge is 0.260 e. The third-order valence-electron chi connectivity index (χ3n) is 4.78. The average Bonchev–Trinajstić information content (AvgIpc) is 3.25. The van der Waals surface area contributed by atoms with E-state index in [4.69, 9.17) is 21.3 Å². The molecule has 1 unspecified atom stereocenters. The first-order valence-corrected chi connectivity index (χ1v) is 8.92. The van der Waals surface area contributed by atoms with Gasteiger partial charge in [0.2, 0.25) is 0 Å². The van der Waals surface area contributed by atoms with Crippen molar-refractivity contribution in [2.45, 2.75) is 12.3 Å². The maximum absolute atomic E-state index is 12.5. The first-order chi connectivity index (χ1) is 12.6. The van der Waals surface area contributed by atoms with Gasteiger partial charge in [0.1, 0.15) is 11.6 Å². The van der Waals surface area contributed by atoms with Gasteiger partial charge in [0.15, 0.2) is 6.61 Å². The minimum absolute atomic E-state index is 0.0134. The number of nitrogens with zero attached hydrogens (tertiary/aromatic N) is 4. The molecule has 0 aliphatic carbocycles. The highest BCUT2D eigenvalue weighted by atomic mass is 35.5. The molecule has 1 atom stereocenters. The number of pyridine rings is 1. The highest BCUT2D eigenvalue weighted by molar-refractivity contribution is 6.30. The number of benzene rings is 1. The molecule has 0 bridgehead atoms. The number of hydrogen-bond acceptors (Lipinski definition) is 4. The number of aromatic nitrogens is 3. The van der Waals surface area contributed by atoms with Crippen LogP contribution in [0.15, 0.2) is 42.7 Å². The van der Waals surface area contributed by atoms with E-state index in [0.717, 1.165) is 23.3 Å². The Morgan fingerprint density at radius 1 is 1.38 bits per heavy atom. The monoisotopic (exact) mass is 370 g/mol. The van der Waals surface area contributed by atoms with Crippen LogP contribution < -0.4 is 4.74 Å². The molecule has 1 amide bonds. The van der Waals surface area contributed by atoms with Crippen LogP contribution in [-0.2, 0) is 11.8 Å². The Morgan fingerprint density at radius 3 is 3.08 bits per heavy atom. The first-order valence-electron chi connectivity index (χ1n) is 8.54. The number of fused-ring (bicyclic) bond motifs is 1. The second-order valence-electron chi connectivity index (χ2n) is 6.46. The van der Waals surface area contributed by atoms with Gasteiger partial charge < -0.3 is 14.2 Å². The standard InChI is InChI=1S/C19H19ClN4O2/c1-23-17-10-21-7-5-16(17)22-19(23)13-6-8-24(11-13)18(25)12-26-15-4-2-3-14(20)9-15/h2-5,7,9-10,13H,6,8,11-12H2,1H3. The van der Waals surface area contributed by atoms with Gasteiger partial charge in [-0.3, -0.25) is 9.78 Å². The molecule has 1 aromatic carbocycles. The van der Waals surface area contributed by atoms with Gasteiger partial charge in [-0.1, -0.05) is 17.7 Å². The third-order valence-corrected chi connectivity index (χ3v) is 5.02. The van der Waals surface area contributed by atoms with E-state index < -0.39 is 0 Å². The largest absolute Gasteiger partial charge is 0.484 e. The number of rotatable bonds is 4. The summed E-state index contributed by atoms with van der Waals surface area (Å²) < 4.78 is 7.64. The van der Waals surface area contributed by atoms with Gasteiger partial charge in [-0.05, 0) is 30.7 Å². The van der Waals surface area contributed by atoms with Gasteiger partial charge in [0.25, 0.3) is 5.91 Å². The maximum Gasteiger partial charge on any atom is 0.260 e. The number of hydrogen-bond donors (Lipinski definition) is 0. The summed E-state index contributed by atoms with van der Waals surface area (Å²) in [6, 6.07) is 8.98. The molecule has 26 heavy (non-hydrogen) atoms. The van der Waals surface area contributed by atoms with Crippen LogP contribution in [0.25, 0.3) is 11.0 Å². The van der Waals surface area contributed by atoms with Crippen molar-refractivity contribution < 1.29 is 9.53 Å². The fourth-order valence-corrected chi connectivity index (χ4v) is 3.59. The molecule has 134 valence electrons. The van der Waals surface area contributed by atoms with Crippen molar-refractivity contribution in [2.24, 2.45) is 7.05 Å². The first kappa shape index (κ1) is 16.8. The van der Waals surface area contributed by atoms with Gasteiger partial charge in [0, 0.05) is 37.3 Å². The molecule has 1 aliphatic heterocycles. The Balaban J connectivity index is 1.41. The summed E-state index contributed by atoms with van der Waals surface area (Å²) >= 11 is 5.93. The summed E-state index contributed by atoms with van der Waals surface area (Å²) in [5.41, 5.74) is 1.95. The lowest BCUT2D eigenvalue weighted by Gasteiger charge is -2.17. The maximum atomic E-state index is 12.5. The fraction of sp³-hybridized carbons (Fsp3) is 0.316. The molecule has 4 rings (SSSR count). The summed E-state index contributed by atoms with van der Waals surface area (Å²) in [5.74, 6) is 1.80. The van der Waals surface area contributed by atoms with E-state index in [2.05, 4.69) is 9.55 Å². The van der Waals surface area contributed by atoms with Gasteiger partial charge in [-0.15, -0.1) is 0 Å². The van der Waals surface area contributed by atoms with Crippen molar-refractivity contribution >= 4 is 28.5 Å². The van der Waals surface area contributed by atoms with Crippen molar-refractivity contribution in [1.29, 1.82) is 0 Å². The number of likely N-dealkylation sites (tertiary alicyclic amines) is 1. The van der Waals surface area contributed by atoms with Crippen molar-refractivity contribution in [2.75, 3.05) is 19.7 Å². The van der Waals surface area contributed by atoms with Crippen LogP contribution in [0.2, 0.25) is 5.02 Å². The van der Waals surface area contributed by atoms with E-state index in [1.54, 1.807) is 30.5 Å². The second-order valence-corrected chi connectivity index (χ2v) is 6.90. The predicted octanol–water partition coefficient (Wildman–Crippen LogP) is 3.02. The van der Waals surface area contributed by atoms with Gasteiger partial charge in [0.05, 0.1) is 17.2 Å². The summed E-state index contributed by atoms with van der Waals surface area (Å²) in [6.07, 6.45) is 4.47. The van der Waals surface area contributed by atoms with Crippen molar-refractivity contribution in [3.63, 3.8) is 0 Å². The minimum Gasteiger partial charge on any atom is -0.484 e. The molecule has 1 fully saturated rings. The van der Waals surface area contributed by atoms with E-state index in [9.17, 15) is 4.79 Å². The van der Waals surface area contributed by atoms with Crippen molar-refractivity contribution in [3.8, 4) is 5.75 Å². The van der Waals surface area contributed by atoms with E-state index >= 15 is 0 Å². The Kier molecular flexibility index (Phi) is 4.51. The number of halogens is 1.